The molecule has 2 heterocycles. The fraction of sp³-hybridized carbons (Fsp3) is 0.100. The molecule has 0 unspecified atom stereocenters. The molecule has 0 radical (unpaired) electrons. The molecule has 0 saturated carbocycles. The summed E-state index contributed by atoms with van der Waals surface area (Å²) in [5.74, 6) is 0.276. The quantitative estimate of drug-likeness (QED) is 0.469. The molecule has 7 nitrogen and oxygen atoms in total. The van der Waals surface area contributed by atoms with Crippen LogP contribution in [0.15, 0.2) is 67.1 Å². The second kappa shape index (κ2) is 7.58. The van der Waals surface area contributed by atoms with E-state index in [1.54, 1.807) is 41.1 Å². The minimum atomic E-state index is -4.46. The van der Waals surface area contributed by atoms with Gasteiger partial charge in [-0.2, -0.15) is 13.2 Å². The van der Waals surface area contributed by atoms with Crippen LogP contribution in [0.2, 0.25) is 0 Å². The number of halogens is 3. The summed E-state index contributed by atoms with van der Waals surface area (Å²) in [5, 5.41) is 2.88. The van der Waals surface area contributed by atoms with Gasteiger partial charge in [-0.3, -0.25) is 9.12 Å². The number of hydrogen-bond donors (Lipinski definition) is 2. The lowest BCUT2D eigenvalue weighted by Crippen LogP contribution is -2.09. The number of hydrogen-bond acceptors (Lipinski definition) is 5. The van der Waals surface area contributed by atoms with E-state index in [-0.39, 0.29) is 11.5 Å². The Morgan fingerprint density at radius 2 is 1.74 bits per heavy atom. The Labute approximate surface area is 175 Å². The predicted molar refractivity (Wildman–Crippen MR) is 112 cm³/mol. The first-order valence-corrected chi connectivity index (χ1v) is 10.8. The van der Waals surface area contributed by atoms with Crippen LogP contribution in [-0.2, 0) is 16.2 Å². The number of nitrogens with zero attached hydrogens (tertiary/aromatic N) is 3. The zero-order valence-corrected chi connectivity index (χ0v) is 16.9. The fourth-order valence-electron chi connectivity index (χ4n) is 3.09. The molecular formula is C20H16F3N5O2S. The van der Waals surface area contributed by atoms with Gasteiger partial charge in [-0.1, -0.05) is 18.2 Å². The van der Waals surface area contributed by atoms with Gasteiger partial charge >= 0.3 is 6.18 Å². The van der Waals surface area contributed by atoms with Gasteiger partial charge in [0, 0.05) is 29.3 Å². The van der Waals surface area contributed by atoms with Crippen LogP contribution < -0.4 is 10.0 Å². The zero-order valence-electron chi connectivity index (χ0n) is 16.1. The van der Waals surface area contributed by atoms with Crippen molar-refractivity contribution in [2.45, 2.75) is 6.18 Å². The first kappa shape index (κ1) is 20.7. The molecule has 0 aliphatic carbocycles. The lowest BCUT2D eigenvalue weighted by molar-refractivity contribution is -0.137. The van der Waals surface area contributed by atoms with Crippen LogP contribution in [0.4, 0.5) is 30.4 Å². The monoisotopic (exact) mass is 447 g/mol. The third-order valence-corrected chi connectivity index (χ3v) is 4.95. The van der Waals surface area contributed by atoms with Gasteiger partial charge in [-0.15, -0.1) is 0 Å². The largest absolute Gasteiger partial charge is 0.416 e. The van der Waals surface area contributed by atoms with E-state index >= 15 is 0 Å². The maximum Gasteiger partial charge on any atom is 0.416 e. The molecule has 31 heavy (non-hydrogen) atoms. The number of aromatic nitrogens is 3. The highest BCUT2D eigenvalue weighted by Gasteiger charge is 2.30. The van der Waals surface area contributed by atoms with Crippen LogP contribution in [0.5, 0.6) is 0 Å². The molecule has 0 amide bonds. The lowest BCUT2D eigenvalue weighted by Gasteiger charge is -2.11. The fourth-order valence-corrected chi connectivity index (χ4v) is 3.64. The molecule has 0 spiro atoms. The van der Waals surface area contributed by atoms with E-state index in [2.05, 4.69) is 20.0 Å². The van der Waals surface area contributed by atoms with E-state index in [4.69, 9.17) is 0 Å². The van der Waals surface area contributed by atoms with E-state index in [0.717, 1.165) is 18.4 Å². The first-order valence-electron chi connectivity index (χ1n) is 8.95. The Kier molecular flexibility index (Phi) is 5.05. The number of benzene rings is 2. The van der Waals surface area contributed by atoms with Crippen molar-refractivity contribution in [3.05, 3.63) is 72.7 Å². The van der Waals surface area contributed by atoms with Gasteiger partial charge in [-0.25, -0.2) is 18.4 Å². The number of anilines is 3. The molecule has 0 bridgehead atoms. The van der Waals surface area contributed by atoms with Gasteiger partial charge in [0.25, 0.3) is 0 Å². The Morgan fingerprint density at radius 3 is 2.48 bits per heavy atom. The SMILES string of the molecule is CS(=O)(=O)Nc1cccc(-c2cnc3c(Nc4cccc(C(F)(F)F)c4)nccn23)c1. The number of alkyl halides is 3. The second-order valence-corrected chi connectivity index (χ2v) is 8.52. The van der Waals surface area contributed by atoms with Gasteiger partial charge in [0.05, 0.1) is 23.7 Å². The van der Waals surface area contributed by atoms with E-state index in [9.17, 15) is 21.6 Å². The Bertz CT molecular complexity index is 1370. The number of sulfonamides is 1. The number of fused-ring (bicyclic) bond motifs is 1. The average molecular weight is 447 g/mol. The third-order valence-electron chi connectivity index (χ3n) is 4.34. The van der Waals surface area contributed by atoms with Crippen LogP contribution in [0.3, 0.4) is 0 Å². The van der Waals surface area contributed by atoms with Crippen LogP contribution in [-0.4, -0.2) is 29.0 Å². The Balaban J connectivity index is 1.71. The van der Waals surface area contributed by atoms with Crippen molar-refractivity contribution >= 4 is 32.9 Å². The van der Waals surface area contributed by atoms with Gasteiger partial charge < -0.3 is 5.32 Å². The number of imidazole rings is 1. The molecule has 4 aromatic rings. The highest BCUT2D eigenvalue weighted by Crippen LogP contribution is 2.32. The minimum absolute atomic E-state index is 0.222. The van der Waals surface area contributed by atoms with E-state index in [1.165, 1.54) is 18.3 Å². The van der Waals surface area contributed by atoms with Gasteiger partial charge in [-0.05, 0) is 30.3 Å². The summed E-state index contributed by atoms with van der Waals surface area (Å²) < 4.78 is 66.1. The molecule has 0 saturated heterocycles. The average Bonchev–Trinajstić information content (AvgIpc) is 3.12. The normalized spacial score (nSPS) is 12.1. The molecule has 0 aliphatic heterocycles. The van der Waals surface area contributed by atoms with Crippen molar-refractivity contribution in [3.8, 4) is 11.3 Å². The van der Waals surface area contributed by atoms with Crippen LogP contribution in [0.25, 0.3) is 16.9 Å². The van der Waals surface area contributed by atoms with Crippen molar-refractivity contribution in [2.24, 2.45) is 0 Å². The molecule has 11 heteroatoms. The van der Waals surface area contributed by atoms with E-state index in [0.29, 0.717) is 22.6 Å². The molecule has 2 N–H and O–H groups in total. The maximum atomic E-state index is 13.0. The summed E-state index contributed by atoms with van der Waals surface area (Å²) >= 11 is 0. The minimum Gasteiger partial charge on any atom is -0.337 e. The molecule has 2 aromatic heterocycles. The van der Waals surface area contributed by atoms with Crippen LogP contribution >= 0.6 is 0 Å². The second-order valence-electron chi connectivity index (χ2n) is 6.77. The number of rotatable bonds is 5. The van der Waals surface area contributed by atoms with Gasteiger partial charge in [0.2, 0.25) is 10.0 Å². The Hall–Kier alpha value is -3.60. The standard InChI is InChI=1S/C20H16F3N5O2S/c1-31(29,30)27-16-7-2-4-13(10-16)17-12-25-19-18(24-8-9-28(17)19)26-15-6-3-5-14(11-15)20(21,22)23/h2-12,27H,1H3,(H,24,26). The van der Waals surface area contributed by atoms with Crippen LogP contribution in [0, 0.1) is 0 Å². The molecule has 2 aromatic carbocycles. The molecule has 4 rings (SSSR count). The molecule has 0 aliphatic rings. The highest BCUT2D eigenvalue weighted by atomic mass is 32.2. The topological polar surface area (TPSA) is 88.4 Å². The van der Waals surface area contributed by atoms with Crippen molar-refractivity contribution in [2.75, 3.05) is 16.3 Å². The molecule has 160 valence electrons. The lowest BCUT2D eigenvalue weighted by atomic mass is 10.1. The van der Waals surface area contributed by atoms with E-state index < -0.39 is 21.8 Å². The van der Waals surface area contributed by atoms with E-state index in [1.807, 2.05) is 0 Å². The smallest absolute Gasteiger partial charge is 0.337 e. The summed E-state index contributed by atoms with van der Waals surface area (Å²) in [7, 11) is -3.43. The summed E-state index contributed by atoms with van der Waals surface area (Å²) in [4.78, 5) is 8.54. The number of nitrogens with one attached hydrogen (secondary N) is 2. The van der Waals surface area contributed by atoms with Crippen molar-refractivity contribution in [1.82, 2.24) is 14.4 Å². The first-order chi connectivity index (χ1) is 14.6. The maximum absolute atomic E-state index is 13.0. The summed E-state index contributed by atoms with van der Waals surface area (Å²) in [6.45, 7) is 0. The van der Waals surface area contributed by atoms with Crippen molar-refractivity contribution in [3.63, 3.8) is 0 Å². The van der Waals surface area contributed by atoms with Gasteiger partial charge in [0.1, 0.15) is 0 Å². The van der Waals surface area contributed by atoms with Crippen LogP contribution in [0.1, 0.15) is 5.56 Å². The molecular weight excluding hydrogens is 431 g/mol. The summed E-state index contributed by atoms with van der Waals surface area (Å²) in [6, 6.07) is 11.6. The molecule has 0 atom stereocenters. The van der Waals surface area contributed by atoms with Gasteiger partial charge in [0.15, 0.2) is 11.5 Å². The highest BCUT2D eigenvalue weighted by molar-refractivity contribution is 7.92. The summed E-state index contributed by atoms with van der Waals surface area (Å²) in [6.07, 6.45) is 1.33. The summed E-state index contributed by atoms with van der Waals surface area (Å²) in [5.41, 5.74) is 1.59. The zero-order chi connectivity index (χ0) is 22.2. The predicted octanol–water partition coefficient (Wildman–Crippen LogP) is 4.53. The molecule has 0 fully saturated rings. The third kappa shape index (κ3) is 4.61. The van der Waals surface area contributed by atoms with Crippen molar-refractivity contribution in [1.29, 1.82) is 0 Å². The van der Waals surface area contributed by atoms with Crippen molar-refractivity contribution < 1.29 is 21.6 Å². The Morgan fingerprint density at radius 1 is 1.00 bits per heavy atom.